The predicted molar refractivity (Wildman–Crippen MR) is 110 cm³/mol. The van der Waals surface area contributed by atoms with Crippen molar-refractivity contribution in [3.63, 3.8) is 0 Å². The van der Waals surface area contributed by atoms with Gasteiger partial charge in [-0.2, -0.15) is 0 Å². The summed E-state index contributed by atoms with van der Waals surface area (Å²) in [5.41, 5.74) is 4.75. The molecule has 0 aliphatic carbocycles. The smallest absolute Gasteiger partial charge is 0.273 e. The summed E-state index contributed by atoms with van der Waals surface area (Å²) in [7, 11) is 0. The van der Waals surface area contributed by atoms with Gasteiger partial charge >= 0.3 is 0 Å². The van der Waals surface area contributed by atoms with Crippen molar-refractivity contribution >= 4 is 28.4 Å². The average molecular weight is 394 g/mol. The van der Waals surface area contributed by atoms with Crippen molar-refractivity contribution in [3.8, 4) is 0 Å². The Kier molecular flexibility index (Phi) is 5.17. The standard InChI is InChI=1S/C22H20ClN3O2/c1-14-3-2-4-15(9-14)10-18-12-21(26-28-18)22(27)24-8-7-16-13-25-20-6-5-17(23)11-19(16)20/h2-6,9,11-13,25H,7-8,10H2,1H3,(H,24,27). The zero-order valence-corrected chi connectivity index (χ0v) is 16.2. The van der Waals surface area contributed by atoms with Crippen LogP contribution in [0.5, 0.6) is 0 Å². The summed E-state index contributed by atoms with van der Waals surface area (Å²) in [6.07, 6.45) is 3.25. The number of aromatic nitrogens is 2. The van der Waals surface area contributed by atoms with Crippen molar-refractivity contribution < 1.29 is 9.32 Å². The number of nitrogens with one attached hydrogen (secondary N) is 2. The van der Waals surface area contributed by atoms with Gasteiger partial charge in [-0.15, -0.1) is 0 Å². The molecule has 0 aliphatic rings. The third kappa shape index (κ3) is 4.10. The van der Waals surface area contributed by atoms with Crippen LogP contribution in [-0.4, -0.2) is 22.6 Å². The van der Waals surface area contributed by atoms with E-state index in [0.29, 0.717) is 35.9 Å². The van der Waals surface area contributed by atoms with Gasteiger partial charge in [-0.1, -0.05) is 46.6 Å². The van der Waals surface area contributed by atoms with Crippen molar-refractivity contribution in [1.82, 2.24) is 15.5 Å². The van der Waals surface area contributed by atoms with E-state index in [2.05, 4.69) is 21.5 Å². The zero-order valence-electron chi connectivity index (χ0n) is 15.5. The number of amides is 1. The lowest BCUT2D eigenvalue weighted by Gasteiger charge is -2.02. The van der Waals surface area contributed by atoms with Gasteiger partial charge in [0.1, 0.15) is 5.76 Å². The number of nitrogens with zero attached hydrogens (tertiary/aromatic N) is 1. The Morgan fingerprint density at radius 3 is 2.96 bits per heavy atom. The first-order chi connectivity index (χ1) is 13.6. The first kappa shape index (κ1) is 18.3. The molecule has 0 bridgehead atoms. The molecule has 0 unspecified atom stereocenters. The van der Waals surface area contributed by atoms with E-state index in [4.69, 9.17) is 16.1 Å². The number of benzene rings is 2. The van der Waals surface area contributed by atoms with Crippen molar-refractivity contribution in [2.24, 2.45) is 0 Å². The highest BCUT2D eigenvalue weighted by Gasteiger charge is 2.13. The summed E-state index contributed by atoms with van der Waals surface area (Å²) in [4.78, 5) is 15.6. The number of hydrogen-bond acceptors (Lipinski definition) is 3. The fourth-order valence-corrected chi connectivity index (χ4v) is 3.46. The molecule has 0 radical (unpaired) electrons. The van der Waals surface area contributed by atoms with Crippen LogP contribution in [0.25, 0.3) is 10.9 Å². The van der Waals surface area contributed by atoms with Crippen molar-refractivity contribution in [1.29, 1.82) is 0 Å². The summed E-state index contributed by atoms with van der Waals surface area (Å²) in [5.74, 6) is 0.430. The summed E-state index contributed by atoms with van der Waals surface area (Å²) < 4.78 is 5.32. The number of hydrogen-bond donors (Lipinski definition) is 2. The van der Waals surface area contributed by atoms with Crippen LogP contribution < -0.4 is 5.32 Å². The van der Waals surface area contributed by atoms with Gasteiger partial charge in [0, 0.05) is 41.2 Å². The lowest BCUT2D eigenvalue weighted by molar-refractivity contribution is 0.0945. The lowest BCUT2D eigenvalue weighted by Crippen LogP contribution is -2.25. The van der Waals surface area contributed by atoms with Gasteiger partial charge in [0.2, 0.25) is 0 Å². The average Bonchev–Trinajstić information content (AvgIpc) is 3.29. The maximum Gasteiger partial charge on any atom is 0.273 e. The minimum atomic E-state index is -0.239. The van der Waals surface area contributed by atoms with Gasteiger partial charge in [-0.3, -0.25) is 4.79 Å². The highest BCUT2D eigenvalue weighted by atomic mass is 35.5. The molecule has 0 spiro atoms. The Bertz CT molecular complexity index is 1130. The number of aryl methyl sites for hydroxylation is 1. The van der Waals surface area contributed by atoms with Gasteiger partial charge in [0.05, 0.1) is 0 Å². The molecule has 6 heteroatoms. The van der Waals surface area contributed by atoms with Gasteiger partial charge in [-0.25, -0.2) is 0 Å². The first-order valence-corrected chi connectivity index (χ1v) is 9.51. The van der Waals surface area contributed by atoms with Crippen LogP contribution in [-0.2, 0) is 12.8 Å². The molecule has 5 nitrogen and oxygen atoms in total. The van der Waals surface area contributed by atoms with Crippen molar-refractivity contribution in [3.05, 3.63) is 87.9 Å². The van der Waals surface area contributed by atoms with Crippen LogP contribution in [0.3, 0.4) is 0 Å². The minimum Gasteiger partial charge on any atom is -0.361 e. The largest absolute Gasteiger partial charge is 0.361 e. The molecule has 28 heavy (non-hydrogen) atoms. The molecule has 4 rings (SSSR count). The maximum absolute atomic E-state index is 12.3. The van der Waals surface area contributed by atoms with E-state index in [1.807, 2.05) is 49.5 Å². The van der Waals surface area contributed by atoms with Gasteiger partial charge < -0.3 is 14.8 Å². The van der Waals surface area contributed by atoms with Crippen LogP contribution in [0, 0.1) is 6.92 Å². The molecule has 0 saturated carbocycles. The molecule has 0 fully saturated rings. The molecule has 0 saturated heterocycles. The molecule has 142 valence electrons. The van der Waals surface area contributed by atoms with Crippen molar-refractivity contribution in [2.45, 2.75) is 19.8 Å². The van der Waals surface area contributed by atoms with Crippen LogP contribution >= 0.6 is 11.6 Å². The minimum absolute atomic E-state index is 0.239. The Morgan fingerprint density at radius 1 is 1.21 bits per heavy atom. The highest BCUT2D eigenvalue weighted by molar-refractivity contribution is 6.31. The molecule has 2 aromatic carbocycles. The molecule has 2 heterocycles. The number of halogens is 1. The van der Waals surface area contributed by atoms with Crippen LogP contribution in [0.15, 0.2) is 59.3 Å². The van der Waals surface area contributed by atoms with E-state index in [0.717, 1.165) is 22.0 Å². The molecular weight excluding hydrogens is 374 g/mol. The fourth-order valence-electron chi connectivity index (χ4n) is 3.29. The summed E-state index contributed by atoms with van der Waals surface area (Å²) in [6.45, 7) is 2.54. The van der Waals surface area contributed by atoms with Gasteiger partial charge in [0.25, 0.3) is 5.91 Å². The fraction of sp³-hybridized carbons (Fsp3) is 0.182. The van der Waals surface area contributed by atoms with E-state index >= 15 is 0 Å². The third-order valence-electron chi connectivity index (χ3n) is 4.66. The molecule has 4 aromatic rings. The third-order valence-corrected chi connectivity index (χ3v) is 4.90. The monoisotopic (exact) mass is 393 g/mol. The van der Waals surface area contributed by atoms with E-state index < -0.39 is 0 Å². The SMILES string of the molecule is Cc1cccc(Cc2cc(C(=O)NCCc3c[nH]c4ccc(Cl)cc34)no2)c1. The molecule has 2 aromatic heterocycles. The molecule has 2 N–H and O–H groups in total. The lowest BCUT2D eigenvalue weighted by atomic mass is 10.1. The number of fused-ring (bicyclic) bond motifs is 1. The summed E-state index contributed by atoms with van der Waals surface area (Å²) in [5, 5.41) is 8.56. The Balaban J connectivity index is 1.35. The Morgan fingerprint density at radius 2 is 2.11 bits per heavy atom. The number of H-pyrrole nitrogens is 1. The number of aromatic amines is 1. The van der Waals surface area contributed by atoms with Gasteiger partial charge in [0.15, 0.2) is 5.69 Å². The summed E-state index contributed by atoms with van der Waals surface area (Å²) in [6, 6.07) is 15.6. The van der Waals surface area contributed by atoms with Gasteiger partial charge in [-0.05, 0) is 42.7 Å². The zero-order chi connectivity index (χ0) is 19.5. The highest BCUT2D eigenvalue weighted by Crippen LogP contribution is 2.22. The molecule has 0 atom stereocenters. The predicted octanol–water partition coefficient (Wildman–Crippen LogP) is 4.68. The number of carbonyl (C=O) groups is 1. The molecular formula is C22H20ClN3O2. The topological polar surface area (TPSA) is 70.9 Å². The van der Waals surface area contributed by atoms with E-state index in [1.54, 1.807) is 6.07 Å². The number of carbonyl (C=O) groups excluding carboxylic acids is 1. The Hall–Kier alpha value is -3.05. The summed E-state index contributed by atoms with van der Waals surface area (Å²) >= 11 is 6.08. The van der Waals surface area contributed by atoms with E-state index in [9.17, 15) is 4.79 Å². The maximum atomic E-state index is 12.3. The second-order valence-corrected chi connectivity index (χ2v) is 7.29. The normalized spacial score (nSPS) is 11.1. The molecule has 1 amide bonds. The van der Waals surface area contributed by atoms with E-state index in [1.165, 1.54) is 5.56 Å². The quantitative estimate of drug-likeness (QED) is 0.499. The number of rotatable bonds is 6. The van der Waals surface area contributed by atoms with E-state index in [-0.39, 0.29) is 5.91 Å². The molecule has 0 aliphatic heterocycles. The first-order valence-electron chi connectivity index (χ1n) is 9.13. The van der Waals surface area contributed by atoms with Crippen LogP contribution in [0.1, 0.15) is 32.9 Å². The Labute approximate surface area is 167 Å². The van der Waals surface area contributed by atoms with Crippen molar-refractivity contribution in [2.75, 3.05) is 6.54 Å². The van der Waals surface area contributed by atoms with Crippen LogP contribution in [0.4, 0.5) is 0 Å². The second-order valence-electron chi connectivity index (χ2n) is 6.85. The second kappa shape index (κ2) is 7.90. The van der Waals surface area contributed by atoms with Crippen LogP contribution in [0.2, 0.25) is 5.02 Å².